The smallest absolute Gasteiger partial charge is 0.265 e. The molecule has 7 heteroatoms. The number of hydrogen-bond acceptors (Lipinski definition) is 5. The van der Waals surface area contributed by atoms with E-state index in [2.05, 4.69) is 16.9 Å². The van der Waals surface area contributed by atoms with E-state index in [0.29, 0.717) is 23.1 Å². The second-order valence-electron chi connectivity index (χ2n) is 5.95. The van der Waals surface area contributed by atoms with E-state index in [1.807, 2.05) is 37.4 Å². The van der Waals surface area contributed by atoms with Crippen LogP contribution in [-0.4, -0.2) is 29.9 Å². The van der Waals surface area contributed by atoms with Gasteiger partial charge in [-0.3, -0.25) is 9.59 Å². The largest absolute Gasteiger partial charge is 0.482 e. The van der Waals surface area contributed by atoms with Crippen LogP contribution >= 0.6 is 11.3 Å². The molecule has 2 heterocycles. The molecule has 1 aliphatic rings. The monoisotopic (exact) mass is 357 g/mol. The Morgan fingerprint density at radius 3 is 3.04 bits per heavy atom. The fourth-order valence-corrected chi connectivity index (χ4v) is 3.13. The van der Waals surface area contributed by atoms with E-state index in [1.54, 1.807) is 11.0 Å². The van der Waals surface area contributed by atoms with Crippen LogP contribution in [0.2, 0.25) is 0 Å². The summed E-state index contributed by atoms with van der Waals surface area (Å²) in [5.74, 6) is 0.385. The number of rotatable bonds is 5. The van der Waals surface area contributed by atoms with Gasteiger partial charge >= 0.3 is 0 Å². The number of amides is 2. The molecular weight excluding hydrogens is 338 g/mol. The van der Waals surface area contributed by atoms with E-state index in [1.165, 1.54) is 11.3 Å². The van der Waals surface area contributed by atoms with E-state index < -0.39 is 0 Å². The molecule has 0 radical (unpaired) electrons. The predicted octanol–water partition coefficient (Wildman–Crippen LogP) is 3.32. The van der Waals surface area contributed by atoms with E-state index in [9.17, 15) is 9.59 Å². The molecule has 0 unspecified atom stereocenters. The average Bonchev–Trinajstić information content (AvgIpc) is 3.05. The first-order valence-electron chi connectivity index (χ1n) is 7.94. The zero-order valence-corrected chi connectivity index (χ0v) is 14.9. The molecule has 0 aliphatic carbocycles. The molecule has 1 aliphatic heterocycles. The molecule has 0 spiro atoms. The highest BCUT2D eigenvalue weighted by molar-refractivity contribution is 7.14. The van der Waals surface area contributed by atoms with E-state index >= 15 is 0 Å². The highest BCUT2D eigenvalue weighted by atomic mass is 32.1. The molecule has 1 aromatic heterocycles. The molecular formula is C18H19N3O3S. The van der Waals surface area contributed by atoms with Crippen molar-refractivity contribution in [1.82, 2.24) is 4.98 Å². The average molecular weight is 357 g/mol. The Kier molecular flexibility index (Phi) is 4.85. The Morgan fingerprint density at radius 2 is 2.32 bits per heavy atom. The Balaban J connectivity index is 1.89. The summed E-state index contributed by atoms with van der Waals surface area (Å²) in [4.78, 5) is 30.0. The van der Waals surface area contributed by atoms with E-state index in [-0.39, 0.29) is 24.3 Å². The molecule has 1 N–H and O–H groups in total. The number of benzene rings is 1. The van der Waals surface area contributed by atoms with Crippen molar-refractivity contribution in [3.63, 3.8) is 0 Å². The lowest BCUT2D eigenvalue weighted by atomic mass is 10.1. The standard InChI is InChI=1S/C18H19N3O3S/c1-4-7-21-14-8-12(5-6-15(14)24-9-16(21)22)13-10-25-18(19-13)20-17(23)11(2)3/h4-6,8,10-11H,1,7,9H2,2-3H3,(H,19,20,23). The Labute approximate surface area is 150 Å². The van der Waals surface area contributed by atoms with Crippen LogP contribution in [0.3, 0.4) is 0 Å². The summed E-state index contributed by atoms with van der Waals surface area (Å²) in [7, 11) is 0. The lowest BCUT2D eigenvalue weighted by Crippen LogP contribution is -2.38. The minimum absolute atomic E-state index is 0.0300. The lowest BCUT2D eigenvalue weighted by Gasteiger charge is -2.28. The topological polar surface area (TPSA) is 71.5 Å². The third-order valence-corrected chi connectivity index (χ3v) is 4.53. The molecule has 130 valence electrons. The Bertz CT molecular complexity index is 829. The zero-order chi connectivity index (χ0) is 18.0. The van der Waals surface area contributed by atoms with E-state index in [0.717, 1.165) is 11.3 Å². The van der Waals surface area contributed by atoms with Gasteiger partial charge in [-0.25, -0.2) is 4.98 Å². The number of aromatic nitrogens is 1. The van der Waals surface area contributed by atoms with Gasteiger partial charge in [0.1, 0.15) is 5.75 Å². The molecule has 0 fully saturated rings. The summed E-state index contributed by atoms with van der Waals surface area (Å²) in [6, 6.07) is 5.60. The van der Waals surface area contributed by atoms with Gasteiger partial charge in [0.15, 0.2) is 11.7 Å². The van der Waals surface area contributed by atoms with Gasteiger partial charge in [-0.05, 0) is 18.2 Å². The van der Waals surface area contributed by atoms with Crippen LogP contribution in [0.1, 0.15) is 13.8 Å². The maximum absolute atomic E-state index is 12.1. The van der Waals surface area contributed by atoms with Crippen LogP contribution in [0.15, 0.2) is 36.2 Å². The normalized spacial score (nSPS) is 13.4. The second-order valence-corrected chi connectivity index (χ2v) is 6.80. The van der Waals surface area contributed by atoms with Gasteiger partial charge in [0.05, 0.1) is 11.4 Å². The SMILES string of the molecule is C=CCN1C(=O)COc2ccc(-c3csc(NC(=O)C(C)C)n3)cc21. The number of hydrogen-bond donors (Lipinski definition) is 1. The third-order valence-electron chi connectivity index (χ3n) is 3.77. The van der Waals surface area contributed by atoms with Crippen LogP contribution in [-0.2, 0) is 9.59 Å². The first-order valence-corrected chi connectivity index (χ1v) is 8.82. The van der Waals surface area contributed by atoms with Crippen molar-refractivity contribution in [3.05, 3.63) is 36.2 Å². The van der Waals surface area contributed by atoms with Crippen molar-refractivity contribution >= 4 is 34.0 Å². The first-order chi connectivity index (χ1) is 12.0. The van der Waals surface area contributed by atoms with Crippen molar-refractivity contribution in [3.8, 4) is 17.0 Å². The van der Waals surface area contributed by atoms with E-state index in [4.69, 9.17) is 4.74 Å². The Hall–Kier alpha value is -2.67. The fraction of sp³-hybridized carbons (Fsp3) is 0.278. The molecule has 0 atom stereocenters. The van der Waals surface area contributed by atoms with Crippen LogP contribution in [0.4, 0.5) is 10.8 Å². The highest BCUT2D eigenvalue weighted by Gasteiger charge is 2.25. The lowest BCUT2D eigenvalue weighted by molar-refractivity contribution is -0.121. The van der Waals surface area contributed by atoms with Gasteiger partial charge in [-0.2, -0.15) is 0 Å². The third kappa shape index (κ3) is 3.56. The highest BCUT2D eigenvalue weighted by Crippen LogP contribution is 2.36. The number of anilines is 2. The fourth-order valence-electron chi connectivity index (χ4n) is 2.40. The Morgan fingerprint density at radius 1 is 1.52 bits per heavy atom. The second kappa shape index (κ2) is 7.06. The summed E-state index contributed by atoms with van der Waals surface area (Å²) in [6.45, 7) is 7.82. The van der Waals surface area contributed by atoms with Crippen molar-refractivity contribution < 1.29 is 14.3 Å². The number of carbonyl (C=O) groups excluding carboxylic acids is 2. The summed E-state index contributed by atoms with van der Waals surface area (Å²) >= 11 is 1.37. The maximum Gasteiger partial charge on any atom is 0.265 e. The van der Waals surface area contributed by atoms with Gasteiger partial charge in [0.25, 0.3) is 5.91 Å². The summed E-state index contributed by atoms with van der Waals surface area (Å²) in [6.07, 6.45) is 1.68. The number of fused-ring (bicyclic) bond motifs is 1. The molecule has 3 rings (SSSR count). The molecule has 0 saturated carbocycles. The summed E-state index contributed by atoms with van der Waals surface area (Å²) < 4.78 is 5.49. The van der Waals surface area contributed by atoms with Crippen molar-refractivity contribution in [1.29, 1.82) is 0 Å². The first kappa shape index (κ1) is 17.2. The molecule has 2 amide bonds. The molecule has 25 heavy (non-hydrogen) atoms. The predicted molar refractivity (Wildman–Crippen MR) is 99.1 cm³/mol. The maximum atomic E-state index is 12.1. The van der Waals surface area contributed by atoms with Gasteiger partial charge in [0.2, 0.25) is 5.91 Å². The zero-order valence-electron chi connectivity index (χ0n) is 14.1. The summed E-state index contributed by atoms with van der Waals surface area (Å²) in [5, 5.41) is 5.23. The number of nitrogens with one attached hydrogen (secondary N) is 1. The quantitative estimate of drug-likeness (QED) is 0.834. The molecule has 1 aromatic carbocycles. The number of thiazole rings is 1. The van der Waals surface area contributed by atoms with Crippen LogP contribution < -0.4 is 15.0 Å². The van der Waals surface area contributed by atoms with Gasteiger partial charge < -0.3 is 15.0 Å². The van der Waals surface area contributed by atoms with Crippen molar-refractivity contribution in [2.24, 2.45) is 5.92 Å². The van der Waals surface area contributed by atoms with Crippen molar-refractivity contribution in [2.45, 2.75) is 13.8 Å². The van der Waals surface area contributed by atoms with Crippen LogP contribution in [0.5, 0.6) is 5.75 Å². The van der Waals surface area contributed by atoms with Crippen molar-refractivity contribution in [2.75, 3.05) is 23.4 Å². The minimum Gasteiger partial charge on any atom is -0.482 e. The molecule has 0 saturated heterocycles. The van der Waals surface area contributed by atoms with Gasteiger partial charge in [0, 0.05) is 23.4 Å². The minimum atomic E-state index is -0.105. The van der Waals surface area contributed by atoms with Gasteiger partial charge in [-0.15, -0.1) is 17.9 Å². The number of nitrogens with zero attached hydrogens (tertiary/aromatic N) is 2. The van der Waals surface area contributed by atoms with Crippen LogP contribution in [0, 0.1) is 5.92 Å². The molecule has 6 nitrogen and oxygen atoms in total. The van der Waals surface area contributed by atoms with Gasteiger partial charge in [-0.1, -0.05) is 19.9 Å². The van der Waals surface area contributed by atoms with Crippen LogP contribution in [0.25, 0.3) is 11.3 Å². The molecule has 2 aromatic rings. The summed E-state index contributed by atoms with van der Waals surface area (Å²) in [5.41, 5.74) is 2.30. The number of ether oxygens (including phenoxy) is 1. The molecule has 0 bridgehead atoms. The number of carbonyl (C=O) groups is 2.